The standard InChI is InChI=1S/C9H9N2O3S/c10-8(12)5-3-15-7-4(5)1-2-14-6(7)9(11)13/h6H,1-2H2,(H2,10,12)(H2,11,13). The molecular weight excluding hydrogens is 216 g/mol. The SMILES string of the molecule is NC(=O)c1[c]sc2c1CCOC2C(N)=O. The highest BCUT2D eigenvalue weighted by Gasteiger charge is 2.30. The number of hydrogen-bond acceptors (Lipinski definition) is 4. The Hall–Kier alpha value is -1.40. The maximum Gasteiger partial charge on any atom is 0.252 e. The zero-order chi connectivity index (χ0) is 11.0. The van der Waals surface area contributed by atoms with Crippen molar-refractivity contribution in [1.82, 2.24) is 0 Å². The lowest BCUT2D eigenvalue weighted by molar-refractivity contribution is -0.130. The molecule has 0 aliphatic carbocycles. The second-order valence-corrected chi connectivity index (χ2v) is 4.04. The molecule has 0 fully saturated rings. The minimum atomic E-state index is -0.761. The Balaban J connectivity index is 2.46. The van der Waals surface area contributed by atoms with Crippen LogP contribution in [0.3, 0.4) is 0 Å². The summed E-state index contributed by atoms with van der Waals surface area (Å²) < 4.78 is 5.22. The average Bonchev–Trinajstić information content (AvgIpc) is 2.59. The molecule has 1 aromatic rings. The Kier molecular flexibility index (Phi) is 2.45. The van der Waals surface area contributed by atoms with Crippen molar-refractivity contribution in [2.45, 2.75) is 12.5 Å². The first-order valence-electron chi connectivity index (χ1n) is 4.35. The van der Waals surface area contributed by atoms with Gasteiger partial charge in [0.25, 0.3) is 11.8 Å². The summed E-state index contributed by atoms with van der Waals surface area (Å²) in [5, 5.41) is 2.78. The van der Waals surface area contributed by atoms with Gasteiger partial charge in [0.1, 0.15) is 0 Å². The quantitative estimate of drug-likeness (QED) is 0.726. The van der Waals surface area contributed by atoms with Gasteiger partial charge >= 0.3 is 0 Å². The molecule has 0 aromatic carbocycles. The largest absolute Gasteiger partial charge is 0.367 e. The van der Waals surface area contributed by atoms with Crippen LogP contribution in [0.25, 0.3) is 0 Å². The Morgan fingerprint density at radius 3 is 2.80 bits per heavy atom. The van der Waals surface area contributed by atoms with Crippen LogP contribution < -0.4 is 11.5 Å². The molecule has 1 radical (unpaired) electrons. The number of carbonyl (C=O) groups excluding carboxylic acids is 2. The van der Waals surface area contributed by atoms with Crippen LogP contribution in [-0.2, 0) is 16.0 Å². The summed E-state index contributed by atoms with van der Waals surface area (Å²) in [7, 11) is 0. The predicted octanol–water partition coefficient (Wildman–Crippen LogP) is -0.254. The highest BCUT2D eigenvalue weighted by atomic mass is 32.1. The fourth-order valence-corrected chi connectivity index (χ4v) is 2.63. The molecule has 1 aliphatic heterocycles. The number of hydrogen-bond donors (Lipinski definition) is 2. The summed E-state index contributed by atoms with van der Waals surface area (Å²) in [4.78, 5) is 22.8. The lowest BCUT2D eigenvalue weighted by Gasteiger charge is -2.20. The van der Waals surface area contributed by atoms with Gasteiger partial charge in [-0.05, 0) is 12.0 Å². The third-order valence-corrected chi connectivity index (χ3v) is 3.23. The van der Waals surface area contributed by atoms with Crippen LogP contribution in [0, 0.1) is 5.38 Å². The van der Waals surface area contributed by atoms with Crippen molar-refractivity contribution in [2.75, 3.05) is 6.61 Å². The molecule has 4 N–H and O–H groups in total. The minimum absolute atomic E-state index is 0.351. The Labute approximate surface area is 90.0 Å². The van der Waals surface area contributed by atoms with Crippen LogP contribution in [0.15, 0.2) is 0 Å². The van der Waals surface area contributed by atoms with E-state index in [1.807, 2.05) is 0 Å². The smallest absolute Gasteiger partial charge is 0.252 e. The van der Waals surface area contributed by atoms with Gasteiger partial charge in [-0.15, -0.1) is 11.3 Å². The van der Waals surface area contributed by atoms with Gasteiger partial charge < -0.3 is 16.2 Å². The van der Waals surface area contributed by atoms with E-state index in [-0.39, 0.29) is 0 Å². The van der Waals surface area contributed by atoms with Crippen LogP contribution in [0.5, 0.6) is 0 Å². The first-order chi connectivity index (χ1) is 7.11. The van der Waals surface area contributed by atoms with E-state index in [4.69, 9.17) is 16.2 Å². The molecule has 5 nitrogen and oxygen atoms in total. The summed E-state index contributed by atoms with van der Waals surface area (Å²) in [6.45, 7) is 0.367. The number of ether oxygens (including phenoxy) is 1. The highest BCUT2D eigenvalue weighted by Crippen LogP contribution is 2.33. The van der Waals surface area contributed by atoms with E-state index in [0.29, 0.717) is 23.5 Å². The molecule has 2 rings (SSSR count). The molecule has 0 saturated heterocycles. The first-order valence-corrected chi connectivity index (χ1v) is 5.17. The Morgan fingerprint density at radius 2 is 2.20 bits per heavy atom. The predicted molar refractivity (Wildman–Crippen MR) is 53.3 cm³/mol. The molecular formula is C9H9N2O3S. The maximum atomic E-state index is 11.1. The summed E-state index contributed by atoms with van der Waals surface area (Å²) in [5.74, 6) is -1.08. The normalized spacial score (nSPS) is 19.6. The maximum absolute atomic E-state index is 11.1. The van der Waals surface area contributed by atoms with Gasteiger partial charge in [-0.2, -0.15) is 0 Å². The van der Waals surface area contributed by atoms with E-state index in [2.05, 4.69) is 5.38 Å². The first kappa shape index (κ1) is 10.1. The molecule has 0 spiro atoms. The van der Waals surface area contributed by atoms with Gasteiger partial charge in [0.15, 0.2) is 6.10 Å². The molecule has 2 heterocycles. The Morgan fingerprint density at radius 1 is 1.47 bits per heavy atom. The molecule has 0 bridgehead atoms. The summed E-state index contributed by atoms with van der Waals surface area (Å²) in [5.41, 5.74) is 11.5. The summed E-state index contributed by atoms with van der Waals surface area (Å²) in [6, 6.07) is 0. The third kappa shape index (κ3) is 1.62. The van der Waals surface area contributed by atoms with Crippen LogP contribution in [0.4, 0.5) is 0 Å². The van der Waals surface area contributed by atoms with Crippen molar-refractivity contribution in [3.63, 3.8) is 0 Å². The third-order valence-electron chi connectivity index (χ3n) is 2.24. The number of thiophene rings is 1. The molecule has 2 amide bonds. The van der Waals surface area contributed by atoms with Gasteiger partial charge in [-0.25, -0.2) is 0 Å². The van der Waals surface area contributed by atoms with Gasteiger partial charge in [0, 0.05) is 4.88 Å². The fraction of sp³-hybridized carbons (Fsp3) is 0.333. The second kappa shape index (κ2) is 3.63. The monoisotopic (exact) mass is 225 g/mol. The molecule has 0 saturated carbocycles. The van der Waals surface area contributed by atoms with Crippen LogP contribution in [-0.4, -0.2) is 18.4 Å². The molecule has 1 aromatic heterocycles. The van der Waals surface area contributed by atoms with Crippen LogP contribution in [0.1, 0.15) is 26.9 Å². The number of amides is 2. The zero-order valence-electron chi connectivity index (χ0n) is 7.78. The van der Waals surface area contributed by atoms with E-state index >= 15 is 0 Å². The minimum Gasteiger partial charge on any atom is -0.367 e. The van der Waals surface area contributed by atoms with Crippen molar-refractivity contribution in [2.24, 2.45) is 11.5 Å². The molecule has 6 heteroatoms. The summed E-state index contributed by atoms with van der Waals surface area (Å²) >= 11 is 1.17. The number of nitrogens with two attached hydrogens (primary N) is 2. The van der Waals surface area contributed by atoms with Gasteiger partial charge in [0.2, 0.25) is 0 Å². The van der Waals surface area contributed by atoms with E-state index < -0.39 is 17.9 Å². The van der Waals surface area contributed by atoms with Crippen molar-refractivity contribution in [1.29, 1.82) is 0 Å². The molecule has 79 valence electrons. The molecule has 15 heavy (non-hydrogen) atoms. The molecule has 1 atom stereocenters. The van der Waals surface area contributed by atoms with Crippen molar-refractivity contribution < 1.29 is 14.3 Å². The van der Waals surface area contributed by atoms with E-state index in [1.54, 1.807) is 0 Å². The number of rotatable bonds is 2. The number of primary amides is 2. The number of carbonyl (C=O) groups is 2. The van der Waals surface area contributed by atoms with E-state index in [9.17, 15) is 9.59 Å². The topological polar surface area (TPSA) is 95.4 Å². The molecule has 1 unspecified atom stereocenters. The number of fused-ring (bicyclic) bond motifs is 1. The van der Waals surface area contributed by atoms with Crippen LogP contribution >= 0.6 is 11.3 Å². The van der Waals surface area contributed by atoms with E-state index in [0.717, 1.165) is 5.56 Å². The summed E-state index contributed by atoms with van der Waals surface area (Å²) in [6.07, 6.45) is -0.194. The second-order valence-electron chi connectivity index (χ2n) is 3.19. The van der Waals surface area contributed by atoms with Gasteiger partial charge in [-0.1, -0.05) is 0 Å². The lowest BCUT2D eigenvalue weighted by Crippen LogP contribution is -2.28. The van der Waals surface area contributed by atoms with Crippen molar-refractivity contribution >= 4 is 23.2 Å². The van der Waals surface area contributed by atoms with Crippen molar-refractivity contribution in [3.05, 3.63) is 21.4 Å². The van der Waals surface area contributed by atoms with Crippen LogP contribution in [0.2, 0.25) is 0 Å². The Bertz CT molecular complexity index is 427. The zero-order valence-corrected chi connectivity index (χ0v) is 8.60. The van der Waals surface area contributed by atoms with E-state index in [1.165, 1.54) is 11.3 Å². The van der Waals surface area contributed by atoms with Gasteiger partial charge in [0.05, 0.1) is 17.6 Å². The van der Waals surface area contributed by atoms with Gasteiger partial charge in [-0.3, -0.25) is 9.59 Å². The highest BCUT2D eigenvalue weighted by molar-refractivity contribution is 7.10. The van der Waals surface area contributed by atoms with Crippen molar-refractivity contribution in [3.8, 4) is 0 Å². The lowest BCUT2D eigenvalue weighted by atomic mass is 10.0. The molecule has 1 aliphatic rings. The average molecular weight is 225 g/mol. The fourth-order valence-electron chi connectivity index (χ4n) is 1.58.